The number of rotatable bonds is 20. The molecule has 0 amide bonds. The molecule has 6 aromatic rings. The maximum atomic E-state index is 15.1. The molecule has 0 saturated carbocycles. The molecule has 16 nitrogen and oxygen atoms in total. The van der Waals surface area contributed by atoms with Crippen molar-refractivity contribution in [3.05, 3.63) is 227 Å². The molecule has 0 bridgehead atoms. The van der Waals surface area contributed by atoms with Gasteiger partial charge in [-0.1, -0.05) is 182 Å². The number of benzene rings is 6. The fraction of sp³-hybridized carbons (Fsp3) is 0.240. The van der Waals surface area contributed by atoms with Crippen molar-refractivity contribution in [1.82, 2.24) is 0 Å². The summed E-state index contributed by atoms with van der Waals surface area (Å²) in [6.45, 7) is -1.70. The first-order valence-electron chi connectivity index (χ1n) is 22.3. The van der Waals surface area contributed by atoms with Gasteiger partial charge >= 0.3 is 31.3 Å². The second kappa shape index (κ2) is 23.4. The lowest BCUT2D eigenvalue weighted by atomic mass is 9.96. The number of phosphoric ester groups is 4. The van der Waals surface area contributed by atoms with Crippen LogP contribution in [0.1, 0.15) is 44.5 Å². The summed E-state index contributed by atoms with van der Waals surface area (Å²) in [5.74, 6) is 0. The minimum absolute atomic E-state index is 0.204. The third kappa shape index (κ3) is 13.7. The molecule has 0 spiro atoms. The van der Waals surface area contributed by atoms with Crippen LogP contribution in [0.15, 0.2) is 182 Å². The summed E-state index contributed by atoms with van der Waals surface area (Å²) in [6.07, 6.45) is -4.21. The summed E-state index contributed by atoms with van der Waals surface area (Å²) in [4.78, 5) is 0. The number of hydrogen-bond acceptors (Lipinski definition) is 16. The predicted octanol–water partition coefficient (Wildman–Crippen LogP) is 12.9. The second-order valence-corrected chi connectivity index (χ2v) is 22.6. The number of phosphoric acid groups is 4. The Morgan fingerprint density at radius 1 is 0.386 bits per heavy atom. The second-order valence-electron chi connectivity index (χ2n) is 16.1. The number of hydrogen-bond donors (Lipinski definition) is 0. The van der Waals surface area contributed by atoms with Gasteiger partial charge in [0.1, 0.15) is 24.4 Å². The van der Waals surface area contributed by atoms with Gasteiger partial charge in [0.2, 0.25) is 0 Å². The maximum Gasteiger partial charge on any atom is 0.476 e. The molecule has 0 radical (unpaired) electrons. The van der Waals surface area contributed by atoms with Crippen molar-refractivity contribution in [2.45, 2.75) is 77.3 Å². The summed E-state index contributed by atoms with van der Waals surface area (Å²) in [6, 6.07) is 50.1. The van der Waals surface area contributed by atoms with Gasteiger partial charge in [0, 0.05) is 0 Å². The Labute approximate surface area is 406 Å². The lowest BCUT2D eigenvalue weighted by Crippen LogP contribution is -2.50. The van der Waals surface area contributed by atoms with Gasteiger partial charge in [-0.25, -0.2) is 18.3 Å². The molecule has 6 aromatic carbocycles. The van der Waals surface area contributed by atoms with Crippen LogP contribution in [0.3, 0.4) is 0 Å². The van der Waals surface area contributed by atoms with Gasteiger partial charge in [-0.2, -0.15) is 0 Å². The molecule has 0 unspecified atom stereocenters. The van der Waals surface area contributed by atoms with Crippen LogP contribution in [0.5, 0.6) is 0 Å². The van der Waals surface area contributed by atoms with Crippen molar-refractivity contribution in [2.75, 3.05) is 0 Å². The topological polar surface area (TPSA) is 179 Å². The van der Waals surface area contributed by atoms with Gasteiger partial charge in [0.05, 0.1) is 52.9 Å². The lowest BCUT2D eigenvalue weighted by Gasteiger charge is -2.40. The fourth-order valence-corrected chi connectivity index (χ4v) is 12.7. The standard InChI is InChI=1S/C50H50O16P4/c51-67(55-31-39-17-5-1-6-18-39,56-32-40-19-7-2-8-20-40)63-47-29-30-48(64-68(52,57-33-41-21-9-3-10-22-41)58-34-42-23-11-4-12-24-42)50(66-70(54)61-37-45-27-15-16-28-46(45)38-62-70)49(47)65-69(53)59-35-43-25-13-14-26-44(43)36-60-69/h1-30,47-50H,31-38H2/t47-,48-,49+,50+/m1/s1. The molecule has 9 rings (SSSR count). The zero-order valence-corrected chi connectivity index (χ0v) is 41.2. The van der Waals surface area contributed by atoms with E-state index in [4.69, 9.17) is 54.3 Å². The van der Waals surface area contributed by atoms with E-state index in [9.17, 15) is 9.13 Å². The Kier molecular flexibility index (Phi) is 16.8. The minimum atomic E-state index is -4.71. The SMILES string of the molecule is O=P1(O[C@@H]2[C@@H](OP3(=O)OCc4ccccc4CO3)[C@H](OP(=O)(OCc3ccccc3)OCc3ccccc3)C=C[C@H]2OP(=O)(OCc2ccccc2)OCc2ccccc2)OCc2ccccc2CO1. The van der Waals surface area contributed by atoms with Crippen molar-refractivity contribution in [3.8, 4) is 0 Å². The van der Waals surface area contributed by atoms with E-state index in [2.05, 4.69) is 0 Å². The van der Waals surface area contributed by atoms with E-state index in [1.807, 2.05) is 24.3 Å². The molecule has 0 N–H and O–H groups in total. The van der Waals surface area contributed by atoms with Crippen LogP contribution in [-0.2, 0) is 125 Å². The summed E-state index contributed by atoms with van der Waals surface area (Å²) >= 11 is 0. The van der Waals surface area contributed by atoms with E-state index in [1.165, 1.54) is 12.2 Å². The van der Waals surface area contributed by atoms with Crippen molar-refractivity contribution < 1.29 is 72.5 Å². The maximum absolute atomic E-state index is 15.1. The Hall–Kier alpha value is -4.50. The fourth-order valence-electron chi connectivity index (χ4n) is 7.41. The molecule has 0 aromatic heterocycles. The highest BCUT2D eigenvalue weighted by Crippen LogP contribution is 2.62. The van der Waals surface area contributed by atoms with E-state index < -0.39 is 55.7 Å². The molecule has 70 heavy (non-hydrogen) atoms. The smallest absolute Gasteiger partial charge is 0.282 e. The predicted molar refractivity (Wildman–Crippen MR) is 256 cm³/mol. The van der Waals surface area contributed by atoms with Crippen LogP contribution >= 0.6 is 31.3 Å². The normalized spacial score (nSPS) is 20.9. The van der Waals surface area contributed by atoms with Crippen LogP contribution in [0.4, 0.5) is 0 Å². The van der Waals surface area contributed by atoms with Crippen LogP contribution in [0, 0.1) is 0 Å². The van der Waals surface area contributed by atoms with Gasteiger partial charge in [-0.3, -0.25) is 54.3 Å². The molecule has 0 fully saturated rings. The summed E-state index contributed by atoms with van der Waals surface area (Å²) in [5, 5.41) is 0. The average molecular weight is 1030 g/mol. The van der Waals surface area contributed by atoms with Crippen molar-refractivity contribution >= 4 is 31.3 Å². The first kappa shape index (κ1) is 50.4. The highest BCUT2D eigenvalue weighted by atomic mass is 31.2. The van der Waals surface area contributed by atoms with Gasteiger partial charge < -0.3 is 0 Å². The Morgan fingerprint density at radius 2 is 0.629 bits per heavy atom. The summed E-state index contributed by atoms with van der Waals surface area (Å²) < 4.78 is 133. The zero-order chi connectivity index (χ0) is 48.3. The Balaban J connectivity index is 1.11. The first-order chi connectivity index (χ1) is 34.0. The quantitative estimate of drug-likeness (QED) is 0.0520. The van der Waals surface area contributed by atoms with E-state index in [0.717, 1.165) is 0 Å². The monoisotopic (exact) mass is 1030 g/mol. The molecule has 0 saturated heterocycles. The molecule has 4 atom stereocenters. The van der Waals surface area contributed by atoms with E-state index >= 15 is 9.13 Å². The van der Waals surface area contributed by atoms with Crippen molar-refractivity contribution in [1.29, 1.82) is 0 Å². The van der Waals surface area contributed by atoms with Gasteiger partial charge in [0.25, 0.3) is 0 Å². The van der Waals surface area contributed by atoms with Crippen LogP contribution in [0.2, 0.25) is 0 Å². The van der Waals surface area contributed by atoms with Gasteiger partial charge in [0.15, 0.2) is 0 Å². The van der Waals surface area contributed by atoms with Crippen LogP contribution < -0.4 is 0 Å². The largest absolute Gasteiger partial charge is 0.476 e. The molecular weight excluding hydrogens is 980 g/mol. The molecule has 366 valence electrons. The zero-order valence-electron chi connectivity index (χ0n) is 37.6. The van der Waals surface area contributed by atoms with Crippen LogP contribution in [-0.4, -0.2) is 24.4 Å². The Morgan fingerprint density at radius 3 is 0.886 bits per heavy atom. The Bertz CT molecular complexity index is 2520. The van der Waals surface area contributed by atoms with Crippen molar-refractivity contribution in [2.24, 2.45) is 0 Å². The lowest BCUT2D eigenvalue weighted by molar-refractivity contribution is -0.0931. The minimum Gasteiger partial charge on any atom is -0.282 e. The summed E-state index contributed by atoms with van der Waals surface area (Å²) in [5.41, 5.74) is 5.29. The highest BCUT2D eigenvalue weighted by Gasteiger charge is 2.53. The molecule has 20 heteroatoms. The van der Waals surface area contributed by atoms with E-state index in [1.54, 1.807) is 146 Å². The van der Waals surface area contributed by atoms with Gasteiger partial charge in [-0.05, 0) is 44.5 Å². The molecular formula is C50H50O16P4. The molecule has 1 aliphatic carbocycles. The van der Waals surface area contributed by atoms with Crippen LogP contribution in [0.25, 0.3) is 0 Å². The van der Waals surface area contributed by atoms with E-state index in [-0.39, 0.29) is 52.9 Å². The molecule has 2 heterocycles. The molecule has 3 aliphatic rings. The highest BCUT2D eigenvalue weighted by molar-refractivity contribution is 7.49. The van der Waals surface area contributed by atoms with E-state index in [0.29, 0.717) is 44.5 Å². The average Bonchev–Trinajstić information content (AvgIpc) is 3.68. The number of fused-ring (bicyclic) bond motifs is 2. The van der Waals surface area contributed by atoms with Crippen molar-refractivity contribution in [3.63, 3.8) is 0 Å². The first-order valence-corrected chi connectivity index (χ1v) is 28.1. The molecule has 2 aliphatic heterocycles. The summed E-state index contributed by atoms with van der Waals surface area (Å²) in [7, 11) is -18.8. The van der Waals surface area contributed by atoms with Gasteiger partial charge in [-0.15, -0.1) is 0 Å². The third-order valence-electron chi connectivity index (χ3n) is 11.1. The third-order valence-corrected chi connectivity index (χ3v) is 16.7.